The van der Waals surface area contributed by atoms with Crippen LogP contribution in [0, 0.1) is 10.8 Å². The molecular formula is C26H28N2O6. The Bertz CT molecular complexity index is 1100. The second-order valence-electron chi connectivity index (χ2n) is 9.72. The molecule has 1 aliphatic heterocycles. The van der Waals surface area contributed by atoms with Gasteiger partial charge in [-0.15, -0.1) is 0 Å². The van der Waals surface area contributed by atoms with Gasteiger partial charge in [0.1, 0.15) is 6.61 Å². The first-order valence-electron chi connectivity index (χ1n) is 11.5. The normalized spacial score (nSPS) is 24.1. The van der Waals surface area contributed by atoms with Gasteiger partial charge in [0.15, 0.2) is 0 Å². The van der Waals surface area contributed by atoms with Gasteiger partial charge in [0, 0.05) is 12.5 Å². The Morgan fingerprint density at radius 2 is 1.68 bits per heavy atom. The van der Waals surface area contributed by atoms with Gasteiger partial charge in [0.2, 0.25) is 5.91 Å². The lowest BCUT2D eigenvalue weighted by molar-refractivity contribution is -0.143. The molecule has 2 aliphatic carbocycles. The zero-order valence-corrected chi connectivity index (χ0v) is 19.0. The van der Waals surface area contributed by atoms with Crippen LogP contribution in [0.4, 0.5) is 4.79 Å². The third kappa shape index (κ3) is 3.81. The molecule has 2 aromatic rings. The highest BCUT2D eigenvalue weighted by Crippen LogP contribution is 2.46. The van der Waals surface area contributed by atoms with E-state index in [0.29, 0.717) is 12.8 Å². The summed E-state index contributed by atoms with van der Waals surface area (Å²) in [5, 5.41) is 14.9. The topological polar surface area (TPSA) is 114 Å². The molecule has 2 fully saturated rings. The first kappa shape index (κ1) is 22.4. The molecule has 3 aliphatic rings. The molecule has 5 rings (SSSR count). The van der Waals surface area contributed by atoms with Crippen molar-refractivity contribution in [3.05, 3.63) is 59.7 Å². The maximum Gasteiger partial charge on any atom is 0.407 e. The molecule has 8 nitrogen and oxygen atoms in total. The number of hydrogen-bond donors (Lipinski definition) is 3. The fourth-order valence-electron chi connectivity index (χ4n) is 4.95. The van der Waals surface area contributed by atoms with Crippen LogP contribution >= 0.6 is 0 Å². The van der Waals surface area contributed by atoms with E-state index in [1.807, 2.05) is 24.3 Å². The minimum atomic E-state index is -1.01. The van der Waals surface area contributed by atoms with E-state index in [1.165, 1.54) is 0 Å². The third-order valence-electron chi connectivity index (χ3n) is 7.50. The molecule has 178 valence electrons. The minimum absolute atomic E-state index is 0.0570. The first-order chi connectivity index (χ1) is 16.3. The molecule has 1 saturated carbocycles. The van der Waals surface area contributed by atoms with Gasteiger partial charge in [-0.1, -0.05) is 48.5 Å². The van der Waals surface area contributed by atoms with Crippen molar-refractivity contribution in [2.24, 2.45) is 10.8 Å². The van der Waals surface area contributed by atoms with Crippen LogP contribution in [0.25, 0.3) is 11.1 Å². The van der Waals surface area contributed by atoms with Crippen molar-refractivity contribution < 1.29 is 29.0 Å². The van der Waals surface area contributed by atoms with Crippen LogP contribution in [0.5, 0.6) is 0 Å². The van der Waals surface area contributed by atoms with Crippen LogP contribution in [0.1, 0.15) is 36.8 Å². The van der Waals surface area contributed by atoms with Gasteiger partial charge in [-0.2, -0.15) is 0 Å². The third-order valence-corrected chi connectivity index (χ3v) is 7.50. The van der Waals surface area contributed by atoms with E-state index in [9.17, 15) is 19.5 Å². The predicted octanol–water partition coefficient (Wildman–Crippen LogP) is 2.91. The average molecular weight is 465 g/mol. The summed E-state index contributed by atoms with van der Waals surface area (Å²) in [4.78, 5) is 37.0. The molecule has 2 amide bonds. The van der Waals surface area contributed by atoms with E-state index in [1.54, 1.807) is 6.92 Å². The number of carbonyl (C=O) groups is 3. The van der Waals surface area contributed by atoms with E-state index in [4.69, 9.17) is 9.47 Å². The number of amides is 2. The van der Waals surface area contributed by atoms with Crippen molar-refractivity contribution in [2.45, 2.75) is 31.7 Å². The number of hydrogen-bond acceptors (Lipinski definition) is 5. The molecule has 0 spiro atoms. The predicted molar refractivity (Wildman–Crippen MR) is 123 cm³/mol. The molecule has 0 bridgehead atoms. The summed E-state index contributed by atoms with van der Waals surface area (Å²) in [5.41, 5.74) is 2.67. The highest BCUT2D eigenvalue weighted by atomic mass is 16.5. The SMILES string of the molecule is CC1(C(=O)NCC2(C(=O)O)CC2)COCC1NC(=O)OCC1c2ccccc2-c2ccccc21. The van der Waals surface area contributed by atoms with E-state index >= 15 is 0 Å². The highest BCUT2D eigenvalue weighted by molar-refractivity contribution is 5.86. The average Bonchev–Trinajstić information content (AvgIpc) is 3.46. The number of alkyl carbamates (subject to hydrolysis) is 1. The number of rotatable bonds is 7. The van der Waals surface area contributed by atoms with Gasteiger partial charge in [0.05, 0.1) is 30.1 Å². The summed E-state index contributed by atoms with van der Waals surface area (Å²) < 4.78 is 11.1. The van der Waals surface area contributed by atoms with Crippen molar-refractivity contribution in [1.82, 2.24) is 10.6 Å². The summed E-state index contributed by atoms with van der Waals surface area (Å²) in [7, 11) is 0. The Morgan fingerprint density at radius 1 is 1.06 bits per heavy atom. The molecule has 2 unspecified atom stereocenters. The van der Waals surface area contributed by atoms with Crippen molar-refractivity contribution in [2.75, 3.05) is 26.4 Å². The molecule has 1 heterocycles. The molecule has 0 radical (unpaired) electrons. The molecule has 3 N–H and O–H groups in total. The second-order valence-corrected chi connectivity index (χ2v) is 9.72. The van der Waals surface area contributed by atoms with Gasteiger partial charge < -0.3 is 25.2 Å². The summed E-state index contributed by atoms with van der Waals surface area (Å²) >= 11 is 0. The number of ether oxygens (including phenoxy) is 2. The van der Waals surface area contributed by atoms with Crippen LogP contribution in [0.15, 0.2) is 48.5 Å². The molecule has 8 heteroatoms. The molecule has 2 aromatic carbocycles. The number of carboxylic acid groups (broad SMARTS) is 1. The van der Waals surface area contributed by atoms with E-state index in [0.717, 1.165) is 22.3 Å². The molecule has 1 saturated heterocycles. The summed E-state index contributed by atoms with van der Waals surface area (Å²) in [6.45, 7) is 2.28. The monoisotopic (exact) mass is 464 g/mol. The molecule has 34 heavy (non-hydrogen) atoms. The fourth-order valence-corrected chi connectivity index (χ4v) is 4.95. The second kappa shape index (κ2) is 8.43. The smallest absolute Gasteiger partial charge is 0.407 e. The van der Waals surface area contributed by atoms with Gasteiger partial charge >= 0.3 is 12.1 Å². The number of nitrogens with one attached hydrogen (secondary N) is 2. The lowest BCUT2D eigenvalue weighted by Crippen LogP contribution is -2.54. The number of fused-ring (bicyclic) bond motifs is 3. The number of benzene rings is 2. The van der Waals surface area contributed by atoms with Crippen LogP contribution in [-0.2, 0) is 19.1 Å². The largest absolute Gasteiger partial charge is 0.481 e. The van der Waals surface area contributed by atoms with Gasteiger partial charge in [-0.05, 0) is 42.0 Å². The standard InChI is InChI=1S/C26H28N2O6/c1-25(22(29)27-14-26(10-11-26)23(30)31)15-33-13-21(25)28-24(32)34-12-20-18-8-4-2-6-16(18)17-7-3-5-9-19(17)20/h2-9,20-21H,10-15H2,1H3,(H,27,29)(H,28,32)(H,30,31). The van der Waals surface area contributed by atoms with E-state index in [2.05, 4.69) is 34.9 Å². The maximum atomic E-state index is 12.9. The summed E-state index contributed by atoms with van der Waals surface area (Å²) in [6.07, 6.45) is 0.495. The quantitative estimate of drug-likeness (QED) is 0.581. The van der Waals surface area contributed by atoms with Crippen molar-refractivity contribution >= 4 is 18.0 Å². The van der Waals surface area contributed by atoms with Gasteiger partial charge in [0.25, 0.3) is 0 Å². The number of carboxylic acids is 1. The molecular weight excluding hydrogens is 436 g/mol. The number of aliphatic carboxylic acids is 1. The molecule has 2 atom stereocenters. The van der Waals surface area contributed by atoms with Crippen LogP contribution in [0.3, 0.4) is 0 Å². The lowest BCUT2D eigenvalue weighted by atomic mass is 9.84. The van der Waals surface area contributed by atoms with Gasteiger partial charge in [-0.3, -0.25) is 9.59 Å². The summed E-state index contributed by atoms with van der Waals surface area (Å²) in [5.74, 6) is -1.28. The lowest BCUT2D eigenvalue weighted by Gasteiger charge is -2.29. The van der Waals surface area contributed by atoms with Crippen molar-refractivity contribution in [3.8, 4) is 11.1 Å². The molecule has 0 aromatic heterocycles. The van der Waals surface area contributed by atoms with Crippen LogP contribution < -0.4 is 10.6 Å². The van der Waals surface area contributed by atoms with E-state index < -0.39 is 28.9 Å². The fraction of sp³-hybridized carbons (Fsp3) is 0.423. The number of carbonyl (C=O) groups excluding carboxylic acids is 2. The minimum Gasteiger partial charge on any atom is -0.481 e. The maximum absolute atomic E-state index is 12.9. The Balaban J connectivity index is 1.21. The Hall–Kier alpha value is -3.39. The highest BCUT2D eigenvalue weighted by Gasteiger charge is 2.52. The van der Waals surface area contributed by atoms with E-state index in [-0.39, 0.29) is 38.2 Å². The first-order valence-corrected chi connectivity index (χ1v) is 11.5. The Labute approximate surface area is 197 Å². The van der Waals surface area contributed by atoms with Crippen LogP contribution in [-0.4, -0.2) is 55.5 Å². The Kier molecular flexibility index (Phi) is 5.56. The zero-order valence-electron chi connectivity index (χ0n) is 19.0. The zero-order chi connectivity index (χ0) is 23.9. The van der Waals surface area contributed by atoms with Crippen molar-refractivity contribution in [1.29, 1.82) is 0 Å². The summed E-state index contributed by atoms with van der Waals surface area (Å²) in [6, 6.07) is 15.6. The Morgan fingerprint density at radius 3 is 2.26 bits per heavy atom. The van der Waals surface area contributed by atoms with Crippen molar-refractivity contribution in [3.63, 3.8) is 0 Å². The van der Waals surface area contributed by atoms with Crippen LogP contribution in [0.2, 0.25) is 0 Å². The van der Waals surface area contributed by atoms with Gasteiger partial charge in [-0.25, -0.2) is 4.79 Å².